The number of thiol groups is 1. The number of carbonyl (C=O) groups is 1. The molecule has 1 N–H and O–H groups in total. The van der Waals surface area contributed by atoms with Crippen LogP contribution < -0.4 is 5.32 Å². The summed E-state index contributed by atoms with van der Waals surface area (Å²) in [7, 11) is 1.56. The molecule has 0 heterocycles. The molecule has 0 radical (unpaired) electrons. The highest BCUT2D eigenvalue weighted by atomic mass is 35.5. The van der Waals surface area contributed by atoms with Gasteiger partial charge in [-0.15, -0.1) is 0 Å². The third-order valence-electron chi connectivity index (χ3n) is 1.69. The molecule has 0 fully saturated rings. The molecule has 0 aliphatic carbocycles. The van der Waals surface area contributed by atoms with Gasteiger partial charge in [-0.05, 0) is 17.7 Å². The topological polar surface area (TPSA) is 32.3 Å². The maximum atomic E-state index is 11.1. The summed E-state index contributed by atoms with van der Waals surface area (Å²) in [4.78, 5) is 11.1. The molecule has 5 heteroatoms. The SMILES string of the molecule is CNC(=O)N(S)Cc1ccc(Cl)cc1. The van der Waals surface area contributed by atoms with Gasteiger partial charge in [0.1, 0.15) is 0 Å². The predicted molar refractivity (Wildman–Crippen MR) is 60.4 cm³/mol. The van der Waals surface area contributed by atoms with Crippen LogP contribution in [-0.4, -0.2) is 17.4 Å². The molecule has 1 aromatic rings. The molecule has 0 spiro atoms. The molecule has 0 aliphatic heterocycles. The Morgan fingerprint density at radius 1 is 1.50 bits per heavy atom. The second kappa shape index (κ2) is 5.12. The normalized spacial score (nSPS) is 9.64. The quantitative estimate of drug-likeness (QED) is 0.751. The molecule has 76 valence electrons. The van der Waals surface area contributed by atoms with Crippen LogP contribution in [-0.2, 0) is 6.54 Å². The first-order valence-electron chi connectivity index (χ1n) is 4.06. The first-order valence-corrected chi connectivity index (χ1v) is 4.84. The van der Waals surface area contributed by atoms with Crippen LogP contribution in [0.15, 0.2) is 24.3 Å². The highest BCUT2D eigenvalue weighted by Crippen LogP contribution is 2.12. The number of hydrogen-bond donors (Lipinski definition) is 2. The summed E-state index contributed by atoms with van der Waals surface area (Å²) in [6, 6.07) is 7.04. The number of carbonyl (C=O) groups excluding carboxylic acids is 1. The van der Waals surface area contributed by atoms with Crippen LogP contribution in [0.3, 0.4) is 0 Å². The minimum absolute atomic E-state index is 0.233. The molecule has 14 heavy (non-hydrogen) atoms. The second-order valence-electron chi connectivity index (χ2n) is 2.74. The van der Waals surface area contributed by atoms with Crippen molar-refractivity contribution in [3.63, 3.8) is 0 Å². The van der Waals surface area contributed by atoms with E-state index in [0.29, 0.717) is 11.6 Å². The molecule has 0 aliphatic rings. The Bertz CT molecular complexity index is 315. The predicted octanol–water partition coefficient (Wildman–Crippen LogP) is 2.33. The Hall–Kier alpha value is -0.870. The van der Waals surface area contributed by atoms with E-state index in [1.54, 1.807) is 19.2 Å². The third-order valence-corrected chi connectivity index (χ3v) is 2.27. The lowest BCUT2D eigenvalue weighted by molar-refractivity contribution is 0.227. The minimum Gasteiger partial charge on any atom is -0.340 e. The minimum atomic E-state index is -0.233. The van der Waals surface area contributed by atoms with Crippen molar-refractivity contribution in [3.8, 4) is 0 Å². The standard InChI is InChI=1S/C9H11ClN2OS/c1-11-9(13)12(14)6-7-2-4-8(10)5-3-7/h2-5,14H,6H2,1H3,(H,11,13). The average Bonchev–Trinajstić information content (AvgIpc) is 2.20. The average molecular weight is 231 g/mol. The summed E-state index contributed by atoms with van der Waals surface area (Å²) >= 11 is 9.76. The largest absolute Gasteiger partial charge is 0.340 e. The van der Waals surface area contributed by atoms with Gasteiger partial charge in [0.05, 0.1) is 6.54 Å². The van der Waals surface area contributed by atoms with Crippen molar-refractivity contribution < 1.29 is 4.79 Å². The van der Waals surface area contributed by atoms with E-state index in [2.05, 4.69) is 18.1 Å². The van der Waals surface area contributed by atoms with Crippen LogP contribution in [0, 0.1) is 0 Å². The summed E-state index contributed by atoms with van der Waals surface area (Å²) < 4.78 is 1.29. The first-order chi connectivity index (χ1) is 6.63. The number of nitrogens with one attached hydrogen (secondary N) is 1. The fourth-order valence-electron chi connectivity index (χ4n) is 0.964. The molecule has 2 amide bonds. The van der Waals surface area contributed by atoms with E-state index < -0.39 is 0 Å². The Morgan fingerprint density at radius 2 is 2.07 bits per heavy atom. The van der Waals surface area contributed by atoms with E-state index in [4.69, 9.17) is 11.6 Å². The van der Waals surface area contributed by atoms with Crippen molar-refractivity contribution in [2.75, 3.05) is 7.05 Å². The molecule has 0 bridgehead atoms. The molecule has 0 saturated carbocycles. The van der Waals surface area contributed by atoms with E-state index in [0.717, 1.165) is 5.56 Å². The fourth-order valence-corrected chi connectivity index (χ4v) is 1.35. The van der Waals surface area contributed by atoms with Crippen molar-refractivity contribution in [3.05, 3.63) is 34.9 Å². The number of urea groups is 1. The fraction of sp³-hybridized carbons (Fsp3) is 0.222. The van der Waals surface area contributed by atoms with Gasteiger partial charge in [0.15, 0.2) is 0 Å². The zero-order valence-corrected chi connectivity index (χ0v) is 9.35. The van der Waals surface area contributed by atoms with Crippen LogP contribution in [0.1, 0.15) is 5.56 Å². The van der Waals surface area contributed by atoms with Gasteiger partial charge in [0.25, 0.3) is 0 Å². The Balaban J connectivity index is 2.60. The van der Waals surface area contributed by atoms with Gasteiger partial charge in [-0.1, -0.05) is 36.5 Å². The van der Waals surface area contributed by atoms with Crippen molar-refractivity contribution in [2.24, 2.45) is 0 Å². The summed E-state index contributed by atoms with van der Waals surface area (Å²) in [5.74, 6) is 0. The lowest BCUT2D eigenvalue weighted by atomic mass is 10.2. The summed E-state index contributed by atoms with van der Waals surface area (Å²) in [5.41, 5.74) is 0.980. The zero-order chi connectivity index (χ0) is 10.6. The second-order valence-corrected chi connectivity index (χ2v) is 3.66. The molecule has 0 unspecified atom stereocenters. The summed E-state index contributed by atoms with van der Waals surface area (Å²) in [5, 5.41) is 3.16. The number of nitrogens with zero attached hydrogens (tertiary/aromatic N) is 1. The maximum Gasteiger partial charge on any atom is 0.327 e. The molecule has 0 atom stereocenters. The van der Waals surface area contributed by atoms with E-state index in [9.17, 15) is 4.79 Å². The molecule has 0 saturated heterocycles. The molecule has 1 aromatic carbocycles. The molecule has 1 rings (SSSR count). The van der Waals surface area contributed by atoms with E-state index >= 15 is 0 Å². The Kier molecular flexibility index (Phi) is 4.10. The van der Waals surface area contributed by atoms with Crippen molar-refractivity contribution in [1.82, 2.24) is 9.62 Å². The van der Waals surface area contributed by atoms with Crippen molar-refractivity contribution >= 4 is 30.4 Å². The van der Waals surface area contributed by atoms with E-state index in [1.165, 1.54) is 4.31 Å². The maximum absolute atomic E-state index is 11.1. The van der Waals surface area contributed by atoms with Gasteiger partial charge < -0.3 is 5.32 Å². The number of halogens is 1. The molecular formula is C9H11ClN2OS. The highest BCUT2D eigenvalue weighted by molar-refractivity contribution is 7.78. The van der Waals surface area contributed by atoms with E-state index in [1.807, 2.05) is 12.1 Å². The smallest absolute Gasteiger partial charge is 0.327 e. The van der Waals surface area contributed by atoms with Crippen molar-refractivity contribution in [2.45, 2.75) is 6.54 Å². The van der Waals surface area contributed by atoms with Crippen molar-refractivity contribution in [1.29, 1.82) is 0 Å². The highest BCUT2D eigenvalue weighted by Gasteiger charge is 2.06. The summed E-state index contributed by atoms with van der Waals surface area (Å²) in [6.07, 6.45) is 0. The lowest BCUT2D eigenvalue weighted by Gasteiger charge is -2.14. The van der Waals surface area contributed by atoms with Gasteiger partial charge in [-0.2, -0.15) is 0 Å². The Labute approximate surface area is 93.6 Å². The first kappa shape index (κ1) is 11.2. The monoisotopic (exact) mass is 230 g/mol. The van der Waals surface area contributed by atoms with Crippen LogP contribution >= 0.6 is 24.4 Å². The molecular weight excluding hydrogens is 220 g/mol. The summed E-state index contributed by atoms with van der Waals surface area (Å²) in [6.45, 7) is 0.444. The van der Waals surface area contributed by atoms with Gasteiger partial charge in [-0.25, -0.2) is 4.79 Å². The Morgan fingerprint density at radius 3 is 2.57 bits per heavy atom. The van der Waals surface area contributed by atoms with Gasteiger partial charge in [-0.3, -0.25) is 4.31 Å². The van der Waals surface area contributed by atoms with Gasteiger partial charge in [0.2, 0.25) is 0 Å². The van der Waals surface area contributed by atoms with Gasteiger partial charge in [0, 0.05) is 12.1 Å². The molecule has 3 nitrogen and oxygen atoms in total. The van der Waals surface area contributed by atoms with Crippen LogP contribution in [0.25, 0.3) is 0 Å². The van der Waals surface area contributed by atoms with Crippen LogP contribution in [0.4, 0.5) is 4.79 Å². The molecule has 0 aromatic heterocycles. The number of benzene rings is 1. The zero-order valence-electron chi connectivity index (χ0n) is 7.70. The van der Waals surface area contributed by atoms with E-state index in [-0.39, 0.29) is 6.03 Å². The van der Waals surface area contributed by atoms with Crippen LogP contribution in [0.2, 0.25) is 5.02 Å². The number of rotatable bonds is 2. The number of amides is 2. The lowest BCUT2D eigenvalue weighted by Crippen LogP contribution is -2.30. The van der Waals surface area contributed by atoms with Gasteiger partial charge >= 0.3 is 6.03 Å². The third kappa shape index (κ3) is 3.12. The van der Waals surface area contributed by atoms with Crippen LogP contribution in [0.5, 0.6) is 0 Å². The number of hydrogen-bond acceptors (Lipinski definition) is 2.